The molecule has 8 nitrogen and oxygen atoms in total. The lowest BCUT2D eigenvalue weighted by Crippen LogP contribution is -2.28. The van der Waals surface area contributed by atoms with Crippen molar-refractivity contribution in [1.29, 1.82) is 0 Å². The van der Waals surface area contributed by atoms with Crippen molar-refractivity contribution in [3.8, 4) is 0 Å². The Morgan fingerprint density at radius 1 is 1.36 bits per heavy atom. The van der Waals surface area contributed by atoms with Gasteiger partial charge in [0.1, 0.15) is 0 Å². The second kappa shape index (κ2) is 6.64. The Morgan fingerprint density at radius 3 is 2.80 bits per heavy atom. The zero-order valence-electron chi connectivity index (χ0n) is 13.0. The van der Waals surface area contributed by atoms with Crippen LogP contribution in [0, 0.1) is 0 Å². The Balaban J connectivity index is 1.87. The lowest BCUT2D eigenvalue weighted by Gasteiger charge is -2.11. The zero-order valence-corrected chi connectivity index (χ0v) is 14.6. The summed E-state index contributed by atoms with van der Waals surface area (Å²) in [5, 5.41) is 11.7. The summed E-state index contributed by atoms with van der Waals surface area (Å²) in [6, 6.07) is 6.00. The number of anilines is 2. The third kappa shape index (κ3) is 3.77. The molecular weight excluding hydrogens is 369 g/mol. The topological polar surface area (TPSA) is 118 Å². The van der Waals surface area contributed by atoms with Crippen molar-refractivity contribution >= 4 is 51.5 Å². The van der Waals surface area contributed by atoms with Gasteiger partial charge in [-0.05, 0) is 29.2 Å². The Kier molecular flexibility index (Phi) is 4.70. The molecule has 2 heterocycles. The Bertz CT molecular complexity index is 953. The van der Waals surface area contributed by atoms with Crippen LogP contribution < -0.4 is 15.5 Å². The highest BCUT2D eigenvalue weighted by molar-refractivity contribution is 7.92. The first-order valence-corrected chi connectivity index (χ1v) is 9.01. The van der Waals surface area contributed by atoms with Gasteiger partial charge in [-0.25, -0.2) is 4.98 Å². The molecule has 0 aliphatic carbocycles. The number of halogens is 1. The van der Waals surface area contributed by atoms with Crippen LogP contribution in [0.5, 0.6) is 0 Å². The molecule has 0 bridgehead atoms. The van der Waals surface area contributed by atoms with Crippen molar-refractivity contribution < 1.29 is 22.9 Å². The number of carbonyl (C=O) groups excluding carboxylic acids is 1. The molecule has 0 unspecified atom stereocenters. The number of sulfonamides is 1. The van der Waals surface area contributed by atoms with Crippen molar-refractivity contribution in [1.82, 2.24) is 4.98 Å². The van der Waals surface area contributed by atoms with E-state index in [1.54, 1.807) is 12.1 Å². The molecule has 25 heavy (non-hydrogen) atoms. The minimum atomic E-state index is -4.05. The minimum absolute atomic E-state index is 0.136. The van der Waals surface area contributed by atoms with Crippen LogP contribution in [0.3, 0.4) is 0 Å². The van der Waals surface area contributed by atoms with Crippen molar-refractivity contribution in [2.24, 2.45) is 0 Å². The third-order valence-corrected chi connectivity index (χ3v) is 5.18. The molecule has 1 aliphatic heterocycles. The lowest BCUT2D eigenvalue weighted by atomic mass is 9.79. The number of pyridine rings is 1. The van der Waals surface area contributed by atoms with Gasteiger partial charge >= 0.3 is 7.12 Å². The average molecular weight is 382 g/mol. The van der Waals surface area contributed by atoms with Gasteiger partial charge in [0.2, 0.25) is 5.91 Å². The molecule has 0 fully saturated rings. The second-order valence-electron chi connectivity index (χ2n) is 5.37. The smallest absolute Gasteiger partial charge is 0.423 e. The van der Waals surface area contributed by atoms with Crippen LogP contribution in [-0.4, -0.2) is 31.5 Å². The van der Waals surface area contributed by atoms with Crippen LogP contribution in [0.25, 0.3) is 0 Å². The van der Waals surface area contributed by atoms with E-state index < -0.39 is 17.1 Å². The molecule has 0 spiro atoms. The van der Waals surface area contributed by atoms with Crippen molar-refractivity contribution in [2.45, 2.75) is 18.6 Å². The molecule has 0 saturated carbocycles. The maximum atomic E-state index is 12.5. The van der Waals surface area contributed by atoms with Gasteiger partial charge in [0.05, 0.1) is 23.5 Å². The fourth-order valence-corrected chi connectivity index (χ4v) is 3.89. The fourth-order valence-electron chi connectivity index (χ4n) is 2.38. The highest BCUT2D eigenvalue weighted by atomic mass is 35.5. The fraction of sp³-hybridized carbons (Fsp3) is 0.143. The molecule has 1 aliphatic rings. The highest BCUT2D eigenvalue weighted by Gasteiger charge is 2.28. The van der Waals surface area contributed by atoms with Crippen LogP contribution >= 0.6 is 11.6 Å². The number of carbonyl (C=O) groups is 1. The molecule has 3 rings (SSSR count). The van der Waals surface area contributed by atoms with Gasteiger partial charge in [-0.3, -0.25) is 9.52 Å². The number of nitrogens with zero attached hydrogens (tertiary/aromatic N) is 1. The summed E-state index contributed by atoms with van der Waals surface area (Å²) in [7, 11) is -5.14. The van der Waals surface area contributed by atoms with Gasteiger partial charge in [-0.1, -0.05) is 17.7 Å². The maximum Gasteiger partial charge on any atom is 0.491 e. The number of aromatic nitrogens is 1. The number of nitrogens with one attached hydrogen (secondary N) is 2. The monoisotopic (exact) mass is 381 g/mol. The Hall–Kier alpha value is -2.14. The van der Waals surface area contributed by atoms with Gasteiger partial charge in [0, 0.05) is 12.6 Å². The number of amides is 1. The first-order chi connectivity index (χ1) is 11.8. The minimum Gasteiger partial charge on any atom is -0.423 e. The third-order valence-electron chi connectivity index (χ3n) is 3.44. The van der Waals surface area contributed by atoms with Crippen LogP contribution in [0.2, 0.25) is 5.02 Å². The quantitative estimate of drug-likeness (QED) is 0.672. The number of benzene rings is 1. The van der Waals surface area contributed by atoms with Gasteiger partial charge in [-0.2, -0.15) is 8.42 Å². The van der Waals surface area contributed by atoms with Gasteiger partial charge in [0.25, 0.3) is 10.0 Å². The second-order valence-corrected chi connectivity index (χ2v) is 7.38. The van der Waals surface area contributed by atoms with E-state index in [2.05, 4.69) is 15.0 Å². The van der Waals surface area contributed by atoms with E-state index in [1.165, 1.54) is 25.3 Å². The summed E-state index contributed by atoms with van der Waals surface area (Å²) >= 11 is 5.99. The van der Waals surface area contributed by atoms with Crippen LogP contribution in [-0.2, 0) is 26.1 Å². The largest absolute Gasteiger partial charge is 0.491 e. The first kappa shape index (κ1) is 17.7. The molecule has 3 N–H and O–H groups in total. The average Bonchev–Trinajstić information content (AvgIpc) is 2.87. The van der Waals surface area contributed by atoms with Crippen LogP contribution in [0.15, 0.2) is 35.5 Å². The van der Waals surface area contributed by atoms with Gasteiger partial charge < -0.3 is 15.0 Å². The van der Waals surface area contributed by atoms with Crippen LogP contribution in [0.4, 0.5) is 11.4 Å². The van der Waals surface area contributed by atoms with E-state index in [4.69, 9.17) is 16.3 Å². The van der Waals surface area contributed by atoms with E-state index in [0.717, 1.165) is 5.56 Å². The molecular formula is C14H13BClN3O5S. The molecule has 1 aromatic heterocycles. The number of rotatable bonds is 4. The number of hydrogen-bond donors (Lipinski definition) is 3. The predicted molar refractivity (Wildman–Crippen MR) is 93.2 cm³/mol. The van der Waals surface area contributed by atoms with Crippen LogP contribution in [0.1, 0.15) is 12.5 Å². The molecule has 1 aromatic carbocycles. The Morgan fingerprint density at radius 2 is 2.12 bits per heavy atom. The van der Waals surface area contributed by atoms with Gasteiger partial charge in [-0.15, -0.1) is 0 Å². The summed E-state index contributed by atoms with van der Waals surface area (Å²) < 4.78 is 32.4. The normalized spacial score (nSPS) is 13.5. The van der Waals surface area contributed by atoms with E-state index in [1.807, 2.05) is 0 Å². The molecule has 0 atom stereocenters. The molecule has 11 heteroatoms. The Labute approximate surface area is 149 Å². The van der Waals surface area contributed by atoms with Crippen molar-refractivity contribution in [3.63, 3.8) is 0 Å². The summed E-state index contributed by atoms with van der Waals surface area (Å²) in [6.07, 6.45) is 1.20. The van der Waals surface area contributed by atoms with Crippen molar-refractivity contribution in [2.75, 3.05) is 10.0 Å². The number of hydrogen-bond acceptors (Lipinski definition) is 6. The van der Waals surface area contributed by atoms with E-state index in [-0.39, 0.29) is 33.9 Å². The molecule has 0 radical (unpaired) electrons. The highest BCUT2D eigenvalue weighted by Crippen LogP contribution is 2.25. The molecule has 130 valence electrons. The molecule has 0 saturated heterocycles. The van der Waals surface area contributed by atoms with E-state index in [9.17, 15) is 18.2 Å². The summed E-state index contributed by atoms with van der Waals surface area (Å²) in [5.74, 6) is -0.328. The molecule has 2 aromatic rings. The SMILES string of the molecule is CC(=O)Nc1cnc(S(=O)(=O)Nc2ccc3c(c2)B(O)OC3)c(Cl)c1. The van der Waals surface area contributed by atoms with Gasteiger partial charge in [0.15, 0.2) is 5.03 Å². The first-order valence-electron chi connectivity index (χ1n) is 7.15. The van der Waals surface area contributed by atoms with E-state index in [0.29, 0.717) is 5.46 Å². The molecule has 1 amide bonds. The zero-order chi connectivity index (χ0) is 18.2. The van der Waals surface area contributed by atoms with Crippen molar-refractivity contribution in [3.05, 3.63) is 41.0 Å². The lowest BCUT2D eigenvalue weighted by molar-refractivity contribution is -0.114. The van der Waals surface area contributed by atoms with E-state index >= 15 is 0 Å². The number of fused-ring (bicyclic) bond motifs is 1. The summed E-state index contributed by atoms with van der Waals surface area (Å²) in [4.78, 5) is 14.8. The standard InChI is InChI=1S/C14H13BClN3O5S/c1-8(20)18-11-5-13(16)14(17-6-11)25(22,23)19-10-3-2-9-7-24-15(21)12(9)4-10/h2-6,19,21H,7H2,1H3,(H,18,20). The summed E-state index contributed by atoms with van der Waals surface area (Å²) in [6.45, 7) is 1.58. The predicted octanol–water partition coefficient (Wildman–Crippen LogP) is 0.712. The summed E-state index contributed by atoms with van der Waals surface area (Å²) in [5.41, 5.74) is 1.81. The maximum absolute atomic E-state index is 12.5.